The number of aryl methyl sites for hydroxylation is 1. The van der Waals surface area contributed by atoms with Crippen molar-refractivity contribution in [1.29, 1.82) is 0 Å². The summed E-state index contributed by atoms with van der Waals surface area (Å²) in [6.45, 7) is 3.84. The molecule has 90 valence electrons. The Morgan fingerprint density at radius 3 is 2.88 bits per heavy atom. The molecule has 0 unspecified atom stereocenters. The molecule has 0 amide bonds. The fraction of sp³-hybridized carbons (Fsp3) is 0.444. The predicted molar refractivity (Wildman–Crippen MR) is 55.2 cm³/mol. The molecule has 0 saturated carbocycles. The number of rotatable bonds is 3. The topological polar surface area (TPSA) is 69.1 Å². The highest BCUT2D eigenvalue weighted by molar-refractivity contribution is 6.29. The molecule has 16 heavy (non-hydrogen) atoms. The first-order valence-corrected chi connectivity index (χ1v) is 4.90. The van der Waals surface area contributed by atoms with E-state index >= 15 is 0 Å². The van der Waals surface area contributed by atoms with Gasteiger partial charge in [-0.15, -0.1) is 4.68 Å². The molecule has 0 aliphatic rings. The van der Waals surface area contributed by atoms with Crippen LogP contribution in [0.5, 0.6) is 0 Å². The highest BCUT2D eigenvalue weighted by atomic mass is 79.9. The van der Waals surface area contributed by atoms with Crippen LogP contribution in [0, 0.1) is 6.92 Å². The summed E-state index contributed by atoms with van der Waals surface area (Å²) in [6, 6.07) is 1.64. The lowest BCUT2D eigenvalue weighted by Gasteiger charge is -2.03. The average Bonchev–Trinajstić information content (AvgIpc) is 2.13. The van der Waals surface area contributed by atoms with E-state index in [-0.39, 0.29) is 29.5 Å². The monoisotopic (exact) mass is 309 g/mol. The number of aromatic nitrogens is 2. The maximum Gasteiger partial charge on any atom is 0.350 e. The van der Waals surface area contributed by atoms with Crippen molar-refractivity contribution >= 4 is 23.4 Å². The van der Waals surface area contributed by atoms with Crippen LogP contribution in [0.2, 0.25) is 5.15 Å². The Kier molecular flexibility index (Phi) is 6.28. The number of halogens is 2. The highest BCUT2D eigenvalue weighted by Gasteiger charge is 2.16. The zero-order valence-corrected chi connectivity index (χ0v) is 11.4. The summed E-state index contributed by atoms with van der Waals surface area (Å²) < 4.78 is 6.11. The van der Waals surface area contributed by atoms with E-state index in [9.17, 15) is 4.79 Å². The Morgan fingerprint density at radius 2 is 2.31 bits per heavy atom. The second-order valence-electron chi connectivity index (χ2n) is 3.00. The predicted octanol–water partition coefficient (Wildman–Crippen LogP) is -2.52. The standard InChI is InChI=1S/C9H12ClN3O2.BrH/c1-3-15-8(14)5-13-9(11)6(2)4-7(10)12-13;/h4,11H,3,5H2,1-2H3;1H. The van der Waals surface area contributed by atoms with Gasteiger partial charge in [-0.2, -0.15) is 0 Å². The molecule has 0 spiro atoms. The van der Waals surface area contributed by atoms with E-state index in [2.05, 4.69) is 5.10 Å². The summed E-state index contributed by atoms with van der Waals surface area (Å²) in [5.74, 6) is 0.0239. The minimum Gasteiger partial charge on any atom is -1.00 e. The molecule has 1 aromatic rings. The van der Waals surface area contributed by atoms with Crippen LogP contribution < -0.4 is 27.4 Å². The van der Waals surface area contributed by atoms with Crippen molar-refractivity contribution in [3.63, 3.8) is 0 Å². The van der Waals surface area contributed by atoms with Crippen molar-refractivity contribution in [2.75, 3.05) is 12.3 Å². The molecule has 0 aliphatic heterocycles. The van der Waals surface area contributed by atoms with E-state index in [0.29, 0.717) is 17.6 Å². The third kappa shape index (κ3) is 3.94. The molecular formula is C9H13BrClN3O2. The third-order valence-electron chi connectivity index (χ3n) is 1.82. The largest absolute Gasteiger partial charge is 1.00 e. The van der Waals surface area contributed by atoms with Crippen LogP contribution in [-0.4, -0.2) is 17.7 Å². The summed E-state index contributed by atoms with van der Waals surface area (Å²) in [6.07, 6.45) is 0. The first-order chi connectivity index (χ1) is 7.04. The minimum absolute atomic E-state index is 0. The molecule has 1 heterocycles. The van der Waals surface area contributed by atoms with Crippen LogP contribution in [0.25, 0.3) is 0 Å². The van der Waals surface area contributed by atoms with E-state index in [0.717, 1.165) is 5.56 Å². The number of esters is 1. The zero-order chi connectivity index (χ0) is 11.4. The summed E-state index contributed by atoms with van der Waals surface area (Å²) in [7, 11) is 0. The molecule has 0 fully saturated rings. The molecule has 0 radical (unpaired) electrons. The number of ether oxygens (including phenoxy) is 1. The van der Waals surface area contributed by atoms with E-state index < -0.39 is 0 Å². The second-order valence-corrected chi connectivity index (χ2v) is 3.39. The molecule has 0 bridgehead atoms. The first-order valence-electron chi connectivity index (χ1n) is 4.53. The summed E-state index contributed by atoms with van der Waals surface area (Å²) in [5.41, 5.74) is 6.51. The molecule has 0 saturated heterocycles. The van der Waals surface area contributed by atoms with E-state index in [1.165, 1.54) is 4.68 Å². The third-order valence-corrected chi connectivity index (χ3v) is 2.00. The summed E-state index contributed by atoms with van der Waals surface area (Å²) >= 11 is 5.74. The number of carbonyl (C=O) groups is 1. The maximum atomic E-state index is 11.2. The van der Waals surface area contributed by atoms with Gasteiger partial charge in [0.1, 0.15) is 0 Å². The first kappa shape index (κ1) is 15.1. The molecule has 1 rings (SSSR count). The van der Waals surface area contributed by atoms with Crippen molar-refractivity contribution < 1.29 is 31.2 Å². The van der Waals surface area contributed by atoms with Crippen LogP contribution in [0.3, 0.4) is 0 Å². The van der Waals surface area contributed by atoms with Gasteiger partial charge in [0.15, 0.2) is 5.15 Å². The van der Waals surface area contributed by atoms with Gasteiger partial charge >= 0.3 is 5.97 Å². The Hall–Kier alpha value is -0.880. The second kappa shape index (κ2) is 6.65. The van der Waals surface area contributed by atoms with Crippen LogP contribution in [0.4, 0.5) is 5.82 Å². The van der Waals surface area contributed by atoms with Crippen LogP contribution in [0.15, 0.2) is 6.07 Å². The molecular weight excluding hydrogens is 297 g/mol. The lowest BCUT2D eigenvalue weighted by molar-refractivity contribution is -0.730. The van der Waals surface area contributed by atoms with Gasteiger partial charge in [0.05, 0.1) is 6.61 Å². The molecule has 7 heteroatoms. The smallest absolute Gasteiger partial charge is 0.350 e. The fourth-order valence-corrected chi connectivity index (χ4v) is 1.36. The Bertz CT molecular complexity index is 387. The SMILES string of the molecule is CCOC(=O)C[n+]1nc(Cl)cc(C)c1N.[Br-]. The summed E-state index contributed by atoms with van der Waals surface area (Å²) in [5, 5.41) is 4.21. The molecule has 0 aliphatic carbocycles. The van der Waals surface area contributed by atoms with Crippen molar-refractivity contribution in [2.45, 2.75) is 20.4 Å². The van der Waals surface area contributed by atoms with Gasteiger partial charge in [-0.25, -0.2) is 4.79 Å². The number of anilines is 1. The zero-order valence-electron chi connectivity index (χ0n) is 9.04. The molecule has 1 aromatic heterocycles. The van der Waals surface area contributed by atoms with E-state index in [4.69, 9.17) is 22.1 Å². The van der Waals surface area contributed by atoms with Gasteiger partial charge < -0.3 is 21.7 Å². The fourth-order valence-electron chi connectivity index (χ4n) is 1.10. The number of nitrogens with two attached hydrogens (primary N) is 1. The normalized spacial score (nSPS) is 9.44. The number of carbonyl (C=O) groups excluding carboxylic acids is 1. The molecule has 2 N–H and O–H groups in total. The van der Waals surface area contributed by atoms with Crippen LogP contribution >= 0.6 is 11.6 Å². The molecule has 0 aromatic carbocycles. The van der Waals surface area contributed by atoms with Gasteiger partial charge in [0.2, 0.25) is 6.54 Å². The van der Waals surface area contributed by atoms with Gasteiger partial charge in [-0.05, 0) is 19.9 Å². The Labute approximate surface area is 109 Å². The van der Waals surface area contributed by atoms with Crippen molar-refractivity contribution in [2.24, 2.45) is 0 Å². The Morgan fingerprint density at radius 1 is 1.69 bits per heavy atom. The molecule has 0 atom stereocenters. The average molecular weight is 311 g/mol. The van der Waals surface area contributed by atoms with Crippen molar-refractivity contribution in [3.05, 3.63) is 16.8 Å². The van der Waals surface area contributed by atoms with Crippen molar-refractivity contribution in [1.82, 2.24) is 5.10 Å². The number of nitrogens with zero attached hydrogens (tertiary/aromatic N) is 2. The van der Waals surface area contributed by atoms with E-state index in [1.807, 2.05) is 0 Å². The van der Waals surface area contributed by atoms with Gasteiger partial charge in [-0.1, -0.05) is 16.7 Å². The van der Waals surface area contributed by atoms with Gasteiger partial charge in [-0.3, -0.25) is 5.73 Å². The Balaban J connectivity index is 0.00000225. The van der Waals surface area contributed by atoms with Gasteiger partial charge in [0.25, 0.3) is 5.82 Å². The molecule has 5 nitrogen and oxygen atoms in total. The van der Waals surface area contributed by atoms with Gasteiger partial charge in [0, 0.05) is 5.56 Å². The van der Waals surface area contributed by atoms with Crippen molar-refractivity contribution in [3.8, 4) is 0 Å². The van der Waals surface area contributed by atoms with E-state index in [1.54, 1.807) is 19.9 Å². The summed E-state index contributed by atoms with van der Waals surface area (Å²) in [4.78, 5) is 11.2. The number of nitrogen functional groups attached to an aromatic ring is 1. The maximum absolute atomic E-state index is 11.2. The minimum atomic E-state index is -0.386. The lowest BCUT2D eigenvalue weighted by Crippen LogP contribution is -3.00. The highest BCUT2D eigenvalue weighted by Crippen LogP contribution is 2.08. The number of hydrogen-bond acceptors (Lipinski definition) is 4. The quantitative estimate of drug-likeness (QED) is 0.494. The van der Waals surface area contributed by atoms with Crippen LogP contribution in [-0.2, 0) is 16.1 Å². The lowest BCUT2D eigenvalue weighted by atomic mass is 10.3. The number of hydrogen-bond donors (Lipinski definition) is 1. The van der Waals surface area contributed by atoms with Crippen LogP contribution in [0.1, 0.15) is 12.5 Å².